The van der Waals surface area contributed by atoms with E-state index in [9.17, 15) is 4.79 Å². The van der Waals surface area contributed by atoms with Crippen LogP contribution in [-0.2, 0) is 0 Å². The van der Waals surface area contributed by atoms with E-state index in [1.807, 2.05) is 24.3 Å². The van der Waals surface area contributed by atoms with Gasteiger partial charge in [-0.3, -0.25) is 9.78 Å². The topological polar surface area (TPSA) is 79.9 Å². The van der Waals surface area contributed by atoms with Gasteiger partial charge in [0.15, 0.2) is 0 Å². The van der Waals surface area contributed by atoms with Crippen molar-refractivity contribution in [3.8, 4) is 17.1 Å². The zero-order chi connectivity index (χ0) is 18.8. The van der Waals surface area contributed by atoms with Crippen LogP contribution in [-0.4, -0.2) is 34.0 Å². The smallest absolute Gasteiger partial charge is 0.253 e. The zero-order valence-corrected chi connectivity index (χ0v) is 14.9. The van der Waals surface area contributed by atoms with Crippen LogP contribution in [0.2, 0.25) is 0 Å². The number of carbonyl (C=O) groups is 1. The van der Waals surface area contributed by atoms with E-state index in [2.05, 4.69) is 33.4 Å². The molecule has 3 aromatic rings. The Balaban J connectivity index is 1.82. The molecule has 6 heteroatoms. The number of aromatic amines is 1. The van der Waals surface area contributed by atoms with Gasteiger partial charge in [0.05, 0.1) is 11.1 Å². The monoisotopic (exact) mass is 360 g/mol. The van der Waals surface area contributed by atoms with Crippen molar-refractivity contribution < 1.29 is 9.53 Å². The first-order valence-electron chi connectivity index (χ1n) is 8.83. The average Bonchev–Trinajstić information content (AvgIpc) is 3.14. The molecule has 3 aromatic heterocycles. The summed E-state index contributed by atoms with van der Waals surface area (Å²) in [5, 5.41) is 2.94. The molecule has 4 heterocycles. The lowest BCUT2D eigenvalue weighted by Crippen LogP contribution is -2.34. The molecule has 1 unspecified atom stereocenters. The van der Waals surface area contributed by atoms with Gasteiger partial charge in [-0.25, -0.2) is 4.98 Å². The van der Waals surface area contributed by atoms with Crippen LogP contribution < -0.4 is 10.1 Å². The largest absolute Gasteiger partial charge is 0.473 e. The second kappa shape index (κ2) is 7.07. The van der Waals surface area contributed by atoms with Crippen molar-refractivity contribution in [2.75, 3.05) is 13.2 Å². The van der Waals surface area contributed by atoms with Gasteiger partial charge in [0, 0.05) is 41.7 Å². The van der Waals surface area contributed by atoms with Crippen LogP contribution in [0.15, 0.2) is 55.8 Å². The number of ether oxygens (including phenoxy) is 1. The number of fused-ring (bicyclic) bond motifs is 2. The summed E-state index contributed by atoms with van der Waals surface area (Å²) in [6.45, 7) is 8.46. The molecule has 1 atom stereocenters. The SMILES string of the molecule is C=CCOc1ccc2nccc(-c3cc4c([nH]3)C(CC=C)CNC4=O)c2n1. The van der Waals surface area contributed by atoms with Crippen molar-refractivity contribution in [3.63, 3.8) is 0 Å². The number of hydrogen-bond donors (Lipinski definition) is 2. The number of H-pyrrole nitrogens is 1. The Morgan fingerprint density at radius 2 is 2.11 bits per heavy atom. The molecule has 0 aromatic carbocycles. The lowest BCUT2D eigenvalue weighted by molar-refractivity contribution is 0.0940. The fourth-order valence-corrected chi connectivity index (χ4v) is 3.39. The van der Waals surface area contributed by atoms with Crippen molar-refractivity contribution in [1.29, 1.82) is 0 Å². The first-order valence-corrected chi connectivity index (χ1v) is 8.83. The van der Waals surface area contributed by atoms with Gasteiger partial charge in [-0.1, -0.05) is 18.7 Å². The predicted octanol–water partition coefficient (Wildman–Crippen LogP) is 3.59. The molecule has 27 heavy (non-hydrogen) atoms. The first kappa shape index (κ1) is 17.0. The molecular formula is C21H20N4O2. The molecule has 6 nitrogen and oxygen atoms in total. The minimum atomic E-state index is -0.0610. The summed E-state index contributed by atoms with van der Waals surface area (Å²) in [6.07, 6.45) is 6.08. The third-order valence-corrected chi connectivity index (χ3v) is 4.66. The normalized spacial score (nSPS) is 15.9. The molecule has 0 saturated heterocycles. The maximum absolute atomic E-state index is 12.3. The summed E-state index contributed by atoms with van der Waals surface area (Å²) in [7, 11) is 0. The van der Waals surface area contributed by atoms with Crippen molar-refractivity contribution in [2.45, 2.75) is 12.3 Å². The quantitative estimate of drug-likeness (QED) is 0.658. The molecule has 0 fully saturated rings. The summed E-state index contributed by atoms with van der Waals surface area (Å²) in [4.78, 5) is 24.7. The third-order valence-electron chi connectivity index (χ3n) is 4.66. The lowest BCUT2D eigenvalue weighted by Gasteiger charge is -2.21. The fourth-order valence-electron chi connectivity index (χ4n) is 3.39. The van der Waals surface area contributed by atoms with E-state index in [0.717, 1.165) is 34.4 Å². The first-order chi connectivity index (χ1) is 13.2. The van der Waals surface area contributed by atoms with Crippen molar-refractivity contribution in [3.05, 3.63) is 67.0 Å². The van der Waals surface area contributed by atoms with Crippen LogP contribution >= 0.6 is 0 Å². The summed E-state index contributed by atoms with van der Waals surface area (Å²) in [5.41, 5.74) is 4.82. The highest BCUT2D eigenvalue weighted by Gasteiger charge is 2.27. The number of rotatable bonds is 6. The van der Waals surface area contributed by atoms with E-state index in [4.69, 9.17) is 4.74 Å². The molecule has 0 spiro atoms. The molecule has 0 radical (unpaired) electrons. The molecule has 0 bridgehead atoms. The molecular weight excluding hydrogens is 340 g/mol. The minimum absolute atomic E-state index is 0.0610. The van der Waals surface area contributed by atoms with Gasteiger partial charge < -0.3 is 15.0 Å². The summed E-state index contributed by atoms with van der Waals surface area (Å²) < 4.78 is 5.56. The Morgan fingerprint density at radius 3 is 2.93 bits per heavy atom. The van der Waals surface area contributed by atoms with Gasteiger partial charge in [0.2, 0.25) is 5.88 Å². The molecule has 0 aliphatic carbocycles. The van der Waals surface area contributed by atoms with Crippen molar-refractivity contribution in [2.24, 2.45) is 0 Å². The number of carbonyl (C=O) groups excluding carboxylic acids is 1. The van der Waals surface area contributed by atoms with E-state index in [1.54, 1.807) is 18.3 Å². The predicted molar refractivity (Wildman–Crippen MR) is 105 cm³/mol. The number of nitrogens with zero attached hydrogens (tertiary/aromatic N) is 2. The molecule has 1 aliphatic heterocycles. The second-order valence-corrected chi connectivity index (χ2v) is 6.42. The molecule has 4 rings (SSSR count). The Kier molecular flexibility index (Phi) is 4.46. The number of aromatic nitrogens is 3. The van der Waals surface area contributed by atoms with E-state index < -0.39 is 0 Å². The van der Waals surface area contributed by atoms with E-state index >= 15 is 0 Å². The highest BCUT2D eigenvalue weighted by Crippen LogP contribution is 2.33. The number of nitrogens with one attached hydrogen (secondary N) is 2. The minimum Gasteiger partial charge on any atom is -0.473 e. The Labute approximate surface area is 157 Å². The lowest BCUT2D eigenvalue weighted by atomic mass is 9.94. The van der Waals surface area contributed by atoms with Crippen molar-refractivity contribution in [1.82, 2.24) is 20.3 Å². The van der Waals surface area contributed by atoms with Crippen LogP contribution in [0.4, 0.5) is 0 Å². The number of amides is 1. The van der Waals surface area contributed by atoms with Crippen molar-refractivity contribution >= 4 is 16.9 Å². The van der Waals surface area contributed by atoms with Crippen LogP contribution in [0.1, 0.15) is 28.4 Å². The van der Waals surface area contributed by atoms with Crippen LogP contribution in [0.3, 0.4) is 0 Å². The fraction of sp³-hybridized carbons (Fsp3) is 0.190. The van der Waals surface area contributed by atoms with Gasteiger partial charge in [-0.15, -0.1) is 6.58 Å². The van der Waals surface area contributed by atoms with Gasteiger partial charge in [-0.2, -0.15) is 0 Å². The Hall–Kier alpha value is -3.41. The standard InChI is InChI=1S/C21H20N4O2/c1-3-5-13-12-23-21(26)15-11-17(24-19(13)15)14-8-9-22-16-6-7-18(25-20(14)16)27-10-4-2/h3-4,6-9,11,13,24H,1-2,5,10,12H2,(H,23,26). The summed E-state index contributed by atoms with van der Waals surface area (Å²) in [5.74, 6) is 0.640. The van der Waals surface area contributed by atoms with Crippen LogP contribution in [0.25, 0.3) is 22.3 Å². The highest BCUT2D eigenvalue weighted by molar-refractivity contribution is 5.99. The molecule has 0 saturated carbocycles. The van der Waals surface area contributed by atoms with Crippen LogP contribution in [0, 0.1) is 0 Å². The molecule has 2 N–H and O–H groups in total. The van der Waals surface area contributed by atoms with Gasteiger partial charge in [0.1, 0.15) is 12.1 Å². The maximum Gasteiger partial charge on any atom is 0.253 e. The van der Waals surface area contributed by atoms with Gasteiger partial charge >= 0.3 is 0 Å². The Morgan fingerprint density at radius 1 is 1.22 bits per heavy atom. The zero-order valence-electron chi connectivity index (χ0n) is 14.9. The van der Waals surface area contributed by atoms with E-state index in [-0.39, 0.29) is 11.8 Å². The number of hydrogen-bond acceptors (Lipinski definition) is 4. The Bertz CT molecular complexity index is 1040. The third kappa shape index (κ3) is 3.10. The highest BCUT2D eigenvalue weighted by atomic mass is 16.5. The summed E-state index contributed by atoms with van der Waals surface area (Å²) in [6, 6.07) is 7.44. The van der Waals surface area contributed by atoms with E-state index in [1.165, 1.54) is 0 Å². The molecule has 136 valence electrons. The van der Waals surface area contributed by atoms with E-state index in [0.29, 0.717) is 24.6 Å². The second-order valence-electron chi connectivity index (χ2n) is 6.42. The average molecular weight is 360 g/mol. The molecule has 1 amide bonds. The number of pyridine rings is 2. The number of allylic oxidation sites excluding steroid dienone is 1. The van der Waals surface area contributed by atoms with Gasteiger partial charge in [0.25, 0.3) is 5.91 Å². The summed E-state index contributed by atoms with van der Waals surface area (Å²) >= 11 is 0. The maximum atomic E-state index is 12.3. The van der Waals surface area contributed by atoms with Gasteiger partial charge in [-0.05, 0) is 24.6 Å². The molecule has 1 aliphatic rings. The van der Waals surface area contributed by atoms with Crippen LogP contribution in [0.5, 0.6) is 5.88 Å².